The van der Waals surface area contributed by atoms with Crippen molar-refractivity contribution in [1.29, 1.82) is 0 Å². The van der Waals surface area contributed by atoms with Gasteiger partial charge in [0.1, 0.15) is 0 Å². The van der Waals surface area contributed by atoms with E-state index in [1.807, 2.05) is 12.1 Å². The smallest absolute Gasteiger partial charge is 0.0713 e. The third-order valence-corrected chi connectivity index (χ3v) is 8.01. The normalized spacial score (nSPS) is 14.0. The van der Waals surface area contributed by atoms with Crippen molar-refractivity contribution in [2.45, 2.75) is 12.3 Å². The number of halogens is 1. The van der Waals surface area contributed by atoms with Crippen molar-refractivity contribution >= 4 is 17.2 Å². The molecule has 0 aliphatic heterocycles. The molecule has 0 heterocycles. The van der Waals surface area contributed by atoms with Crippen molar-refractivity contribution in [3.05, 3.63) is 185 Å². The molecule has 39 heavy (non-hydrogen) atoms. The number of fused-ring (bicyclic) bond motifs is 1. The Bertz CT molecular complexity index is 1650. The van der Waals surface area contributed by atoms with Crippen LogP contribution in [0.15, 0.2) is 158 Å². The molecular formula is C38H29Cl. The van der Waals surface area contributed by atoms with Crippen LogP contribution in [-0.2, 0) is 5.41 Å². The molecular weight excluding hydrogens is 492 g/mol. The molecule has 0 N–H and O–H groups in total. The minimum absolute atomic E-state index is 0.439. The minimum atomic E-state index is -0.439. The summed E-state index contributed by atoms with van der Waals surface area (Å²) in [7, 11) is 0. The lowest BCUT2D eigenvalue weighted by Crippen LogP contribution is -2.29. The van der Waals surface area contributed by atoms with Gasteiger partial charge in [0.25, 0.3) is 0 Å². The van der Waals surface area contributed by atoms with Gasteiger partial charge >= 0.3 is 0 Å². The van der Waals surface area contributed by atoms with Crippen molar-refractivity contribution in [2.24, 2.45) is 0 Å². The second-order valence-corrected chi connectivity index (χ2v) is 10.3. The molecule has 6 rings (SSSR count). The Morgan fingerprint density at radius 1 is 0.615 bits per heavy atom. The van der Waals surface area contributed by atoms with Gasteiger partial charge in [-0.1, -0.05) is 146 Å². The van der Waals surface area contributed by atoms with E-state index in [0.29, 0.717) is 0 Å². The summed E-state index contributed by atoms with van der Waals surface area (Å²) in [5.41, 5.74) is 11.7. The van der Waals surface area contributed by atoms with Crippen LogP contribution in [0, 0.1) is 0 Å². The molecule has 1 heteroatoms. The maximum atomic E-state index is 6.09. The van der Waals surface area contributed by atoms with Gasteiger partial charge in [0.05, 0.1) is 5.41 Å². The first-order chi connectivity index (χ1) is 19.2. The summed E-state index contributed by atoms with van der Waals surface area (Å²) in [6.45, 7) is 6.41. The third kappa shape index (κ3) is 4.18. The van der Waals surface area contributed by atoms with Crippen LogP contribution in [0.25, 0.3) is 27.8 Å². The van der Waals surface area contributed by atoms with E-state index in [1.54, 1.807) is 0 Å². The van der Waals surface area contributed by atoms with Crippen LogP contribution >= 0.6 is 11.6 Å². The summed E-state index contributed by atoms with van der Waals surface area (Å²) in [6, 6.07) is 45.3. The molecule has 0 fully saturated rings. The van der Waals surface area contributed by atoms with Crippen LogP contribution in [0.5, 0.6) is 0 Å². The summed E-state index contributed by atoms with van der Waals surface area (Å²) < 4.78 is 0. The highest BCUT2D eigenvalue weighted by Crippen LogP contribution is 2.55. The lowest BCUT2D eigenvalue weighted by molar-refractivity contribution is 0.762. The summed E-state index contributed by atoms with van der Waals surface area (Å²) in [4.78, 5) is 0. The van der Waals surface area contributed by atoms with Crippen molar-refractivity contribution in [3.8, 4) is 22.3 Å². The number of hydrogen-bond acceptors (Lipinski definition) is 0. The molecule has 1 aliphatic rings. The Morgan fingerprint density at radius 3 is 1.62 bits per heavy atom. The van der Waals surface area contributed by atoms with Gasteiger partial charge in [-0.05, 0) is 80.8 Å². The molecule has 0 unspecified atom stereocenters. The van der Waals surface area contributed by atoms with E-state index in [9.17, 15) is 0 Å². The highest BCUT2D eigenvalue weighted by atomic mass is 35.5. The first-order valence-corrected chi connectivity index (χ1v) is 13.7. The lowest BCUT2D eigenvalue weighted by atomic mass is 9.67. The second kappa shape index (κ2) is 10.4. The van der Waals surface area contributed by atoms with Crippen LogP contribution in [0.3, 0.4) is 0 Å². The fourth-order valence-corrected chi connectivity index (χ4v) is 6.16. The molecule has 0 atom stereocenters. The molecule has 0 bridgehead atoms. The van der Waals surface area contributed by atoms with Gasteiger partial charge in [0.15, 0.2) is 0 Å². The fraction of sp³-hybridized carbons (Fsp3) is 0.0526. The van der Waals surface area contributed by atoms with Gasteiger partial charge in [-0.2, -0.15) is 0 Å². The van der Waals surface area contributed by atoms with Crippen molar-refractivity contribution < 1.29 is 0 Å². The second-order valence-electron chi connectivity index (χ2n) is 9.86. The Morgan fingerprint density at radius 2 is 1.10 bits per heavy atom. The largest absolute Gasteiger partial charge is 0.0987 e. The van der Waals surface area contributed by atoms with E-state index >= 15 is 0 Å². The zero-order valence-corrected chi connectivity index (χ0v) is 22.7. The van der Waals surface area contributed by atoms with Crippen molar-refractivity contribution in [1.82, 2.24) is 0 Å². The summed E-state index contributed by atoms with van der Waals surface area (Å²) in [6.07, 6.45) is 6.41. The van der Waals surface area contributed by atoms with E-state index in [4.69, 9.17) is 11.6 Å². The average Bonchev–Trinajstić information content (AvgIpc) is 3.28. The average molecular weight is 521 g/mol. The first kappa shape index (κ1) is 24.9. The predicted molar refractivity (Wildman–Crippen MR) is 167 cm³/mol. The Labute approximate surface area is 236 Å². The topological polar surface area (TPSA) is 0 Å². The molecule has 0 aromatic heterocycles. The van der Waals surface area contributed by atoms with E-state index in [1.165, 1.54) is 50.1 Å². The molecule has 0 nitrogen and oxygen atoms in total. The van der Waals surface area contributed by atoms with Gasteiger partial charge in [-0.3, -0.25) is 0 Å². The SMILES string of the molecule is C=CC1=C(/C=C\C)c2cc(-c3ccc(-c4ccc(Cl)cc4)cc3)ccc2C1(c1ccccc1)c1ccccc1. The van der Waals surface area contributed by atoms with E-state index in [2.05, 4.69) is 147 Å². The first-order valence-electron chi connectivity index (χ1n) is 13.3. The van der Waals surface area contributed by atoms with E-state index in [-0.39, 0.29) is 0 Å². The Hall–Kier alpha value is -4.39. The Balaban J connectivity index is 1.54. The zero-order chi connectivity index (χ0) is 26.8. The van der Waals surface area contributed by atoms with E-state index < -0.39 is 5.41 Å². The number of benzene rings is 5. The number of allylic oxidation sites excluding steroid dienone is 5. The number of rotatable bonds is 6. The molecule has 0 saturated heterocycles. The van der Waals surface area contributed by atoms with Crippen LogP contribution in [0.1, 0.15) is 29.2 Å². The summed E-state index contributed by atoms with van der Waals surface area (Å²) >= 11 is 6.09. The van der Waals surface area contributed by atoms with Crippen molar-refractivity contribution in [2.75, 3.05) is 0 Å². The van der Waals surface area contributed by atoms with Crippen LogP contribution in [-0.4, -0.2) is 0 Å². The zero-order valence-electron chi connectivity index (χ0n) is 21.9. The van der Waals surface area contributed by atoms with Gasteiger partial charge in [-0.25, -0.2) is 0 Å². The lowest BCUT2D eigenvalue weighted by Gasteiger charge is -2.34. The predicted octanol–water partition coefficient (Wildman–Crippen LogP) is 10.5. The van der Waals surface area contributed by atoms with Crippen molar-refractivity contribution in [3.63, 3.8) is 0 Å². The molecule has 0 saturated carbocycles. The quantitative estimate of drug-likeness (QED) is 0.209. The van der Waals surface area contributed by atoms with Gasteiger partial charge in [0, 0.05) is 5.02 Å². The van der Waals surface area contributed by atoms with Crippen LogP contribution in [0.4, 0.5) is 0 Å². The highest BCUT2D eigenvalue weighted by Gasteiger charge is 2.46. The summed E-state index contributed by atoms with van der Waals surface area (Å²) in [5.74, 6) is 0. The standard InChI is InChI=1S/C38H29Cl/c1-3-11-34-35-26-30(29-18-16-27(17-19-29)28-20-23-33(39)24-21-28)22-25-37(35)38(36(34)4-2,31-12-7-5-8-13-31)32-14-9-6-10-15-32/h3-26H,2H2,1H3/b11-3-. The van der Waals surface area contributed by atoms with Gasteiger partial charge in [-0.15, -0.1) is 0 Å². The summed E-state index contributed by atoms with van der Waals surface area (Å²) in [5, 5.41) is 0.750. The monoisotopic (exact) mass is 520 g/mol. The van der Waals surface area contributed by atoms with Crippen LogP contribution in [0.2, 0.25) is 5.02 Å². The van der Waals surface area contributed by atoms with Crippen LogP contribution < -0.4 is 0 Å². The van der Waals surface area contributed by atoms with E-state index in [0.717, 1.165) is 10.6 Å². The molecule has 0 amide bonds. The molecule has 0 radical (unpaired) electrons. The fourth-order valence-electron chi connectivity index (χ4n) is 6.04. The molecule has 0 spiro atoms. The highest BCUT2D eigenvalue weighted by molar-refractivity contribution is 6.30. The number of hydrogen-bond donors (Lipinski definition) is 0. The molecule has 188 valence electrons. The minimum Gasteiger partial charge on any atom is -0.0987 e. The molecule has 1 aliphatic carbocycles. The van der Waals surface area contributed by atoms with Gasteiger partial charge < -0.3 is 0 Å². The Kier molecular flexibility index (Phi) is 6.65. The maximum absolute atomic E-state index is 6.09. The van der Waals surface area contributed by atoms with Gasteiger partial charge in [0.2, 0.25) is 0 Å². The molecule has 5 aromatic carbocycles. The maximum Gasteiger partial charge on any atom is 0.0713 e. The third-order valence-electron chi connectivity index (χ3n) is 7.75. The molecule has 5 aromatic rings.